The molecule has 0 bridgehead atoms. The van der Waals surface area contributed by atoms with Gasteiger partial charge < -0.3 is 0 Å². The van der Waals surface area contributed by atoms with Gasteiger partial charge in [0.2, 0.25) is 0 Å². The Hall–Kier alpha value is -3.10. The van der Waals surface area contributed by atoms with E-state index in [0.29, 0.717) is 0 Å². The second-order valence-corrected chi connectivity index (χ2v) is 10.00. The molecular weight excluding hydrogens is 394 g/mol. The third-order valence-corrected chi connectivity index (χ3v) is 6.93. The minimum atomic E-state index is 0.139. The van der Waals surface area contributed by atoms with E-state index < -0.39 is 0 Å². The largest absolute Gasteiger partial charge is 0.264 e. The topological polar surface area (TPSA) is 12.9 Å². The number of benzene rings is 4. The maximum Gasteiger partial charge on any atom is 0.0353 e. The molecule has 0 radical (unpaired) electrons. The van der Waals surface area contributed by atoms with Crippen LogP contribution in [0.15, 0.2) is 107 Å². The zero-order valence-electron chi connectivity index (χ0n) is 18.1. The van der Waals surface area contributed by atoms with Crippen LogP contribution >= 0.6 is 11.8 Å². The molecule has 0 aliphatic carbocycles. The Morgan fingerprint density at radius 3 is 2.00 bits per heavy atom. The van der Waals surface area contributed by atoms with Crippen LogP contribution in [0.2, 0.25) is 0 Å². The van der Waals surface area contributed by atoms with Gasteiger partial charge in [-0.05, 0) is 56.5 Å². The SMILES string of the molecule is CC(C)(C)c1ccc(-c2c3ccccc3c(Sc3ccccc3)c3ccncc23)cc1. The molecule has 0 spiro atoms. The fraction of sp³-hybridized carbons (Fsp3) is 0.138. The highest BCUT2D eigenvalue weighted by Gasteiger charge is 2.18. The van der Waals surface area contributed by atoms with Gasteiger partial charge in [-0.3, -0.25) is 4.98 Å². The van der Waals surface area contributed by atoms with Crippen molar-refractivity contribution in [3.05, 3.63) is 103 Å². The first-order valence-corrected chi connectivity index (χ1v) is 11.5. The number of aromatic nitrogens is 1. The predicted octanol–water partition coefficient (Wildman–Crippen LogP) is 8.50. The fourth-order valence-electron chi connectivity index (χ4n) is 4.15. The van der Waals surface area contributed by atoms with E-state index in [1.807, 2.05) is 24.2 Å². The molecule has 0 amide bonds. The van der Waals surface area contributed by atoms with E-state index in [-0.39, 0.29) is 5.41 Å². The molecule has 2 heteroatoms. The van der Waals surface area contributed by atoms with Crippen molar-refractivity contribution < 1.29 is 0 Å². The van der Waals surface area contributed by atoms with Gasteiger partial charge in [-0.15, -0.1) is 0 Å². The molecule has 0 atom stereocenters. The van der Waals surface area contributed by atoms with Gasteiger partial charge in [0.05, 0.1) is 0 Å². The fourth-order valence-corrected chi connectivity index (χ4v) is 5.25. The highest BCUT2D eigenvalue weighted by Crippen LogP contribution is 2.45. The second-order valence-electron chi connectivity index (χ2n) is 8.91. The molecule has 5 rings (SSSR count). The van der Waals surface area contributed by atoms with Crippen LogP contribution in [-0.4, -0.2) is 4.98 Å². The molecule has 4 aromatic carbocycles. The number of hydrogen-bond acceptors (Lipinski definition) is 2. The molecule has 0 aliphatic heterocycles. The summed E-state index contributed by atoms with van der Waals surface area (Å²) in [4.78, 5) is 7.03. The minimum Gasteiger partial charge on any atom is -0.264 e. The van der Waals surface area contributed by atoms with E-state index in [1.54, 1.807) is 0 Å². The van der Waals surface area contributed by atoms with Crippen molar-refractivity contribution in [2.45, 2.75) is 36.0 Å². The minimum absolute atomic E-state index is 0.139. The Labute approximate surface area is 188 Å². The lowest BCUT2D eigenvalue weighted by molar-refractivity contribution is 0.590. The monoisotopic (exact) mass is 419 g/mol. The number of hydrogen-bond donors (Lipinski definition) is 0. The van der Waals surface area contributed by atoms with Gasteiger partial charge in [0, 0.05) is 27.6 Å². The lowest BCUT2D eigenvalue weighted by Gasteiger charge is -2.20. The summed E-state index contributed by atoms with van der Waals surface area (Å²) in [5.41, 5.74) is 3.98. The maximum atomic E-state index is 4.50. The molecule has 0 fully saturated rings. The highest BCUT2D eigenvalue weighted by atomic mass is 32.2. The van der Waals surface area contributed by atoms with Gasteiger partial charge in [0.25, 0.3) is 0 Å². The summed E-state index contributed by atoms with van der Waals surface area (Å²) in [6.07, 6.45) is 3.92. The van der Waals surface area contributed by atoms with Crippen LogP contribution in [0.5, 0.6) is 0 Å². The number of rotatable bonds is 3. The van der Waals surface area contributed by atoms with Gasteiger partial charge in [-0.1, -0.05) is 99.3 Å². The molecule has 152 valence electrons. The Balaban J connectivity index is 1.79. The first kappa shape index (κ1) is 19.8. The van der Waals surface area contributed by atoms with Crippen LogP contribution in [0.1, 0.15) is 26.3 Å². The molecular formula is C29H25NS. The van der Waals surface area contributed by atoms with Crippen molar-refractivity contribution in [3.8, 4) is 11.1 Å². The molecule has 1 nitrogen and oxygen atoms in total. The summed E-state index contributed by atoms with van der Waals surface area (Å²) in [5, 5.41) is 5.00. The third kappa shape index (κ3) is 3.73. The quantitative estimate of drug-likeness (QED) is 0.272. The van der Waals surface area contributed by atoms with E-state index in [0.717, 1.165) is 0 Å². The Morgan fingerprint density at radius 1 is 0.645 bits per heavy atom. The van der Waals surface area contributed by atoms with Crippen molar-refractivity contribution >= 4 is 33.3 Å². The summed E-state index contributed by atoms with van der Waals surface area (Å²) in [6.45, 7) is 6.77. The molecule has 0 aliphatic rings. The van der Waals surface area contributed by atoms with Crippen LogP contribution in [0, 0.1) is 0 Å². The molecule has 0 saturated heterocycles. The molecule has 5 aromatic rings. The van der Waals surface area contributed by atoms with Gasteiger partial charge in [0.1, 0.15) is 0 Å². The number of fused-ring (bicyclic) bond motifs is 2. The van der Waals surface area contributed by atoms with Crippen molar-refractivity contribution in [1.29, 1.82) is 0 Å². The Morgan fingerprint density at radius 2 is 1.29 bits per heavy atom. The average molecular weight is 420 g/mol. The first-order valence-electron chi connectivity index (χ1n) is 10.6. The second kappa shape index (κ2) is 7.86. The van der Waals surface area contributed by atoms with Crippen molar-refractivity contribution in [3.63, 3.8) is 0 Å². The zero-order valence-corrected chi connectivity index (χ0v) is 18.9. The van der Waals surface area contributed by atoms with Crippen LogP contribution < -0.4 is 0 Å². The van der Waals surface area contributed by atoms with E-state index >= 15 is 0 Å². The van der Waals surface area contributed by atoms with Crippen molar-refractivity contribution in [1.82, 2.24) is 4.98 Å². The van der Waals surface area contributed by atoms with Gasteiger partial charge in [-0.2, -0.15) is 0 Å². The van der Waals surface area contributed by atoms with Crippen LogP contribution in [-0.2, 0) is 5.41 Å². The Kier molecular flexibility index (Phi) is 5.03. The number of pyridine rings is 1. The average Bonchev–Trinajstić information content (AvgIpc) is 2.79. The van der Waals surface area contributed by atoms with Gasteiger partial charge in [0.15, 0.2) is 0 Å². The lowest BCUT2D eigenvalue weighted by atomic mass is 9.85. The van der Waals surface area contributed by atoms with Gasteiger partial charge in [-0.25, -0.2) is 0 Å². The van der Waals surface area contributed by atoms with E-state index in [4.69, 9.17) is 0 Å². The summed E-state index contributed by atoms with van der Waals surface area (Å²) < 4.78 is 0. The van der Waals surface area contributed by atoms with E-state index in [2.05, 4.69) is 111 Å². The van der Waals surface area contributed by atoms with Crippen molar-refractivity contribution in [2.24, 2.45) is 0 Å². The number of nitrogens with zero attached hydrogens (tertiary/aromatic N) is 1. The Bertz CT molecular complexity index is 1310. The smallest absolute Gasteiger partial charge is 0.0353 e. The van der Waals surface area contributed by atoms with Crippen LogP contribution in [0.25, 0.3) is 32.7 Å². The van der Waals surface area contributed by atoms with E-state index in [9.17, 15) is 0 Å². The van der Waals surface area contributed by atoms with Crippen LogP contribution in [0.4, 0.5) is 0 Å². The summed E-state index contributed by atoms with van der Waals surface area (Å²) in [5.74, 6) is 0. The first-order chi connectivity index (χ1) is 15.0. The standard InChI is InChI=1S/C29H25NS/c1-29(2,3)21-15-13-20(14-16-21)27-23-11-7-8-12-24(23)28(25-17-18-30-19-26(25)27)31-22-9-5-4-6-10-22/h4-19H,1-3H3. The zero-order chi connectivity index (χ0) is 21.4. The molecule has 1 heterocycles. The predicted molar refractivity (Wildman–Crippen MR) is 134 cm³/mol. The summed E-state index contributed by atoms with van der Waals surface area (Å²) in [7, 11) is 0. The maximum absolute atomic E-state index is 4.50. The lowest BCUT2D eigenvalue weighted by Crippen LogP contribution is -2.10. The highest BCUT2D eigenvalue weighted by molar-refractivity contribution is 7.99. The summed E-state index contributed by atoms with van der Waals surface area (Å²) in [6, 6.07) is 30.6. The molecule has 0 N–H and O–H groups in total. The third-order valence-electron chi connectivity index (χ3n) is 5.78. The molecule has 0 unspecified atom stereocenters. The van der Waals surface area contributed by atoms with E-state index in [1.165, 1.54) is 48.0 Å². The van der Waals surface area contributed by atoms with Crippen molar-refractivity contribution in [2.75, 3.05) is 0 Å². The molecule has 0 saturated carbocycles. The normalized spacial score (nSPS) is 11.8. The molecule has 31 heavy (non-hydrogen) atoms. The van der Waals surface area contributed by atoms with Gasteiger partial charge >= 0.3 is 0 Å². The van der Waals surface area contributed by atoms with Crippen LogP contribution in [0.3, 0.4) is 0 Å². The molecule has 1 aromatic heterocycles. The summed E-state index contributed by atoms with van der Waals surface area (Å²) >= 11 is 1.83.